The van der Waals surface area contributed by atoms with E-state index in [1.807, 2.05) is 0 Å². The summed E-state index contributed by atoms with van der Waals surface area (Å²) >= 11 is 0.739. The molecule has 0 fully saturated rings. The summed E-state index contributed by atoms with van der Waals surface area (Å²) < 4.78 is 27.6. The highest BCUT2D eigenvalue weighted by molar-refractivity contribution is 8.20. The van der Waals surface area contributed by atoms with E-state index in [0.29, 0.717) is 11.3 Å². The van der Waals surface area contributed by atoms with Gasteiger partial charge in [-0.3, -0.25) is 9.59 Å². The first-order valence-corrected chi connectivity index (χ1v) is 8.93. The molecule has 0 aliphatic heterocycles. The molecule has 0 aliphatic rings. The molecule has 0 spiro atoms. The molecule has 1 aromatic rings. The Morgan fingerprint density at radius 1 is 1.30 bits per heavy atom. The summed E-state index contributed by atoms with van der Waals surface area (Å²) in [6, 6.07) is 5.85. The Morgan fingerprint density at radius 2 is 1.87 bits per heavy atom. The number of carbonyl (C=O) groups excluding carboxylic acids is 2. The lowest BCUT2D eigenvalue weighted by molar-refractivity contribution is -0.131. The molecule has 1 amide bonds. The van der Waals surface area contributed by atoms with E-state index in [9.17, 15) is 18.0 Å². The monoisotopic (exact) mass is 356 g/mol. The normalized spacial score (nSPS) is 11.7. The number of amides is 1. The van der Waals surface area contributed by atoms with Gasteiger partial charge < -0.3 is 15.8 Å². The van der Waals surface area contributed by atoms with Crippen LogP contribution in [-0.2, 0) is 14.6 Å². The number of carbonyl (C=O) groups is 2. The number of sulfone groups is 1. The number of hydrogen-bond acceptors (Lipinski definition) is 7. The molecule has 9 heteroatoms. The Hall–Kier alpha value is -2.26. The lowest BCUT2D eigenvalue weighted by Gasteiger charge is -2.09. The molecule has 0 unspecified atom stereocenters. The molecule has 23 heavy (non-hydrogen) atoms. The molecule has 1 aromatic carbocycles. The molecule has 7 nitrogen and oxygen atoms in total. The summed E-state index contributed by atoms with van der Waals surface area (Å²) in [7, 11) is -3.49. The van der Waals surface area contributed by atoms with E-state index < -0.39 is 21.7 Å². The molecule has 0 radical (unpaired) electrons. The average molecular weight is 356 g/mol. The summed E-state index contributed by atoms with van der Waals surface area (Å²) in [5, 5.41) is 2.57. The van der Waals surface area contributed by atoms with Crippen molar-refractivity contribution in [3.05, 3.63) is 51.9 Å². The number of nitrogens with two attached hydrogens (primary N) is 1. The maximum absolute atomic E-state index is 12.0. The number of nitrogens with one attached hydrogen (secondary N) is 1. The van der Waals surface area contributed by atoms with Gasteiger partial charge in [0.15, 0.2) is 9.84 Å². The van der Waals surface area contributed by atoms with Gasteiger partial charge in [-0.1, -0.05) is 18.3 Å². The van der Waals surface area contributed by atoms with E-state index in [0.717, 1.165) is 24.2 Å². The van der Waals surface area contributed by atoms with E-state index in [4.69, 9.17) is 10.5 Å². The Bertz CT molecular complexity index is 752. The van der Waals surface area contributed by atoms with Crippen LogP contribution in [0.2, 0.25) is 0 Å². The summed E-state index contributed by atoms with van der Waals surface area (Å²) in [6.45, 7) is 4.85. The Kier molecular flexibility index (Phi) is 6.40. The van der Waals surface area contributed by atoms with Crippen LogP contribution in [0, 0.1) is 0 Å². The van der Waals surface area contributed by atoms with Gasteiger partial charge in [-0.05, 0) is 24.3 Å². The maximum Gasteiger partial charge on any atom is 0.308 e. The van der Waals surface area contributed by atoms with Crippen molar-refractivity contribution in [3.63, 3.8) is 0 Å². The van der Waals surface area contributed by atoms with Crippen LogP contribution in [0.4, 0.5) is 0 Å². The van der Waals surface area contributed by atoms with E-state index in [1.54, 1.807) is 0 Å². The Labute approximate surface area is 138 Å². The minimum atomic E-state index is -3.49. The zero-order valence-corrected chi connectivity index (χ0v) is 14.2. The van der Waals surface area contributed by atoms with Gasteiger partial charge in [0, 0.05) is 24.9 Å². The van der Waals surface area contributed by atoms with Gasteiger partial charge in [0.1, 0.15) is 9.99 Å². The van der Waals surface area contributed by atoms with Crippen LogP contribution in [0.1, 0.15) is 17.3 Å². The molecule has 0 saturated carbocycles. The van der Waals surface area contributed by atoms with E-state index in [2.05, 4.69) is 11.9 Å². The molecule has 0 aromatic heterocycles. The third kappa shape index (κ3) is 6.17. The predicted octanol–water partition coefficient (Wildman–Crippen LogP) is 1.35. The Morgan fingerprint density at radius 3 is 2.30 bits per heavy atom. The maximum atomic E-state index is 12.0. The predicted molar refractivity (Wildman–Crippen MR) is 89.1 cm³/mol. The van der Waals surface area contributed by atoms with Crippen molar-refractivity contribution in [2.24, 2.45) is 5.73 Å². The highest BCUT2D eigenvalue weighted by Gasteiger charge is 2.15. The SMILES string of the molecule is C=C(NC(=O)c1ccc(OC(C)=O)cc1)S/C(=C\N)S(C)(=O)=O. The summed E-state index contributed by atoms with van der Waals surface area (Å²) in [5.74, 6) is -0.636. The van der Waals surface area contributed by atoms with Gasteiger partial charge in [-0.15, -0.1) is 0 Å². The molecule has 1 rings (SSSR count). The van der Waals surface area contributed by atoms with Crippen LogP contribution >= 0.6 is 11.8 Å². The second kappa shape index (κ2) is 7.84. The fourth-order valence-corrected chi connectivity index (χ4v) is 3.03. The first-order valence-electron chi connectivity index (χ1n) is 6.22. The fraction of sp³-hybridized carbons (Fsp3) is 0.143. The minimum Gasteiger partial charge on any atom is -0.427 e. The summed E-state index contributed by atoms with van der Waals surface area (Å²) in [6.07, 6.45) is 1.94. The molecule has 0 bridgehead atoms. The first-order chi connectivity index (χ1) is 10.6. The molecule has 3 N–H and O–H groups in total. The van der Waals surface area contributed by atoms with E-state index in [-0.39, 0.29) is 9.27 Å². The van der Waals surface area contributed by atoms with Crippen molar-refractivity contribution in [1.29, 1.82) is 0 Å². The van der Waals surface area contributed by atoms with Crippen molar-refractivity contribution in [3.8, 4) is 5.75 Å². The number of ether oxygens (including phenoxy) is 1. The average Bonchev–Trinajstić information content (AvgIpc) is 2.43. The third-order valence-electron chi connectivity index (χ3n) is 2.36. The van der Waals surface area contributed by atoms with Crippen LogP contribution in [0.3, 0.4) is 0 Å². The molecular weight excluding hydrogens is 340 g/mol. The largest absolute Gasteiger partial charge is 0.427 e. The quantitative estimate of drug-likeness (QED) is 0.584. The van der Waals surface area contributed by atoms with Crippen molar-refractivity contribution in [1.82, 2.24) is 5.32 Å². The highest BCUT2D eigenvalue weighted by atomic mass is 32.3. The second-order valence-electron chi connectivity index (χ2n) is 4.36. The molecule has 124 valence electrons. The van der Waals surface area contributed by atoms with Crippen molar-refractivity contribution < 1.29 is 22.7 Å². The van der Waals surface area contributed by atoms with Gasteiger partial charge >= 0.3 is 5.97 Å². The first kappa shape index (κ1) is 18.8. The van der Waals surface area contributed by atoms with Gasteiger partial charge in [0.25, 0.3) is 5.91 Å². The smallest absolute Gasteiger partial charge is 0.308 e. The van der Waals surface area contributed by atoms with Crippen LogP contribution in [0.25, 0.3) is 0 Å². The van der Waals surface area contributed by atoms with E-state index >= 15 is 0 Å². The lowest BCUT2D eigenvalue weighted by Crippen LogP contribution is -2.21. The Balaban J connectivity index is 2.72. The number of hydrogen-bond donors (Lipinski definition) is 2. The van der Waals surface area contributed by atoms with Crippen LogP contribution in [0.5, 0.6) is 5.75 Å². The van der Waals surface area contributed by atoms with Crippen molar-refractivity contribution in [2.45, 2.75) is 6.92 Å². The number of thioether (sulfide) groups is 1. The minimum absolute atomic E-state index is 0.112. The number of benzene rings is 1. The number of rotatable bonds is 6. The van der Waals surface area contributed by atoms with Crippen molar-refractivity contribution in [2.75, 3.05) is 6.26 Å². The molecule has 0 saturated heterocycles. The summed E-state index contributed by atoms with van der Waals surface area (Å²) in [5.41, 5.74) is 5.54. The number of esters is 1. The van der Waals surface area contributed by atoms with Crippen LogP contribution in [-0.4, -0.2) is 26.6 Å². The third-order valence-corrected chi connectivity index (χ3v) is 5.07. The molecule has 0 heterocycles. The van der Waals surface area contributed by atoms with Crippen molar-refractivity contribution >= 4 is 33.5 Å². The molecular formula is C14H16N2O5S2. The standard InChI is InChI=1S/C14H16N2O5S2/c1-9(22-13(8-15)23(3,19)20)16-14(18)11-4-6-12(7-5-11)21-10(2)17/h4-8H,1,15H2,2-3H3,(H,16,18)/b13-8+. The van der Waals surface area contributed by atoms with Gasteiger partial charge in [0.05, 0.1) is 5.03 Å². The lowest BCUT2D eigenvalue weighted by atomic mass is 10.2. The second-order valence-corrected chi connectivity index (χ2v) is 7.73. The highest BCUT2D eigenvalue weighted by Crippen LogP contribution is 2.25. The van der Waals surface area contributed by atoms with Gasteiger partial charge in [-0.25, -0.2) is 8.42 Å². The van der Waals surface area contributed by atoms with Gasteiger partial charge in [0.2, 0.25) is 0 Å². The van der Waals surface area contributed by atoms with Gasteiger partial charge in [-0.2, -0.15) is 0 Å². The summed E-state index contributed by atoms with van der Waals surface area (Å²) in [4.78, 5) is 22.8. The molecule has 0 aliphatic carbocycles. The topological polar surface area (TPSA) is 116 Å². The molecule has 0 atom stereocenters. The zero-order chi connectivity index (χ0) is 17.6. The van der Waals surface area contributed by atoms with Crippen LogP contribution < -0.4 is 15.8 Å². The van der Waals surface area contributed by atoms with Crippen LogP contribution in [0.15, 0.2) is 46.3 Å². The fourth-order valence-electron chi connectivity index (χ4n) is 1.42. The van der Waals surface area contributed by atoms with E-state index in [1.165, 1.54) is 31.2 Å². The zero-order valence-electron chi connectivity index (χ0n) is 12.5.